The van der Waals surface area contributed by atoms with Gasteiger partial charge in [-0.15, -0.1) is 0 Å². The van der Waals surface area contributed by atoms with Gasteiger partial charge in [0.2, 0.25) is 23.6 Å². The van der Waals surface area contributed by atoms with Gasteiger partial charge < -0.3 is 31.3 Å². The zero-order valence-electron chi connectivity index (χ0n) is 25.0. The second-order valence-corrected chi connectivity index (χ2v) is 10.9. The van der Waals surface area contributed by atoms with E-state index >= 15 is 0 Å². The summed E-state index contributed by atoms with van der Waals surface area (Å²) in [7, 11) is 0. The Morgan fingerprint density at radius 2 is 1.72 bits per heavy atom. The summed E-state index contributed by atoms with van der Waals surface area (Å²) in [4.78, 5) is 76.3. The molecule has 5 N–H and O–H groups in total. The molecule has 0 unspecified atom stereocenters. The minimum atomic E-state index is -1.34. The Labute approximate surface area is 251 Å². The van der Waals surface area contributed by atoms with E-state index in [1.165, 1.54) is 24.3 Å². The van der Waals surface area contributed by atoms with Gasteiger partial charge in [0.15, 0.2) is 0 Å². The van der Waals surface area contributed by atoms with Crippen molar-refractivity contribution in [2.24, 2.45) is 5.92 Å². The van der Waals surface area contributed by atoms with Gasteiger partial charge in [-0.05, 0) is 24.8 Å². The van der Waals surface area contributed by atoms with Crippen LogP contribution < -0.4 is 21.3 Å². The first-order chi connectivity index (χ1) is 20.5. The Balaban J connectivity index is 1.96. The number of aryl methyl sites for hydroxylation is 1. The molecule has 2 heterocycles. The van der Waals surface area contributed by atoms with Crippen LogP contribution >= 0.6 is 0 Å². The van der Waals surface area contributed by atoms with Gasteiger partial charge in [0.05, 0.1) is 23.9 Å². The molecule has 0 bridgehead atoms. The molecule has 232 valence electrons. The second-order valence-electron chi connectivity index (χ2n) is 10.9. The summed E-state index contributed by atoms with van der Waals surface area (Å²) in [6, 6.07) is 5.53. The molecule has 43 heavy (non-hydrogen) atoms. The van der Waals surface area contributed by atoms with Crippen LogP contribution in [0.5, 0.6) is 0 Å². The van der Waals surface area contributed by atoms with Gasteiger partial charge >= 0.3 is 0 Å². The van der Waals surface area contributed by atoms with Crippen molar-refractivity contribution in [1.29, 1.82) is 0 Å². The van der Waals surface area contributed by atoms with Gasteiger partial charge in [-0.3, -0.25) is 24.0 Å². The van der Waals surface area contributed by atoms with Crippen LogP contribution in [0.3, 0.4) is 0 Å². The quantitative estimate of drug-likeness (QED) is 0.290. The summed E-state index contributed by atoms with van der Waals surface area (Å²) in [5.74, 6) is -3.43. The second kappa shape index (κ2) is 15.7. The number of carbonyl (C=O) groups excluding carboxylic acids is 5. The highest BCUT2D eigenvalue weighted by Crippen LogP contribution is 2.12. The molecule has 5 amide bonds. The van der Waals surface area contributed by atoms with Gasteiger partial charge in [0.1, 0.15) is 24.5 Å². The minimum Gasteiger partial charge on any atom is -0.391 e. The van der Waals surface area contributed by atoms with E-state index in [2.05, 4.69) is 31.2 Å². The van der Waals surface area contributed by atoms with Gasteiger partial charge in [-0.2, -0.15) is 0 Å². The van der Waals surface area contributed by atoms with Gasteiger partial charge in [-0.1, -0.05) is 57.5 Å². The maximum absolute atomic E-state index is 13.6. The Bertz CT molecular complexity index is 1290. The van der Waals surface area contributed by atoms with Crippen LogP contribution in [0.1, 0.15) is 55.7 Å². The van der Waals surface area contributed by atoms with E-state index in [1.807, 2.05) is 13.0 Å². The summed E-state index contributed by atoms with van der Waals surface area (Å²) < 4.78 is 0. The lowest BCUT2D eigenvalue weighted by Gasteiger charge is -2.27. The predicted molar refractivity (Wildman–Crippen MR) is 157 cm³/mol. The van der Waals surface area contributed by atoms with Crippen molar-refractivity contribution in [2.75, 3.05) is 19.6 Å². The lowest BCUT2D eigenvalue weighted by molar-refractivity contribution is -0.135. The average Bonchev–Trinajstić information content (AvgIpc) is 2.97. The maximum atomic E-state index is 13.6. The Morgan fingerprint density at radius 3 is 2.37 bits per heavy atom. The van der Waals surface area contributed by atoms with Crippen LogP contribution in [0.2, 0.25) is 0 Å². The fraction of sp³-hybridized carbons (Fsp3) is 0.500. The number of nitrogens with one attached hydrogen (secondary N) is 4. The molecule has 0 radical (unpaired) electrons. The molecule has 3 rings (SSSR count). The van der Waals surface area contributed by atoms with Crippen LogP contribution in [0.4, 0.5) is 0 Å². The monoisotopic (exact) mass is 595 g/mol. The largest absolute Gasteiger partial charge is 0.391 e. The number of hydrogen-bond donors (Lipinski definition) is 5. The fourth-order valence-corrected chi connectivity index (χ4v) is 4.72. The number of aliphatic hydroxyl groups is 1. The maximum Gasteiger partial charge on any atom is 0.257 e. The Morgan fingerprint density at radius 1 is 1.00 bits per heavy atom. The smallest absolute Gasteiger partial charge is 0.257 e. The number of carbonyl (C=O) groups is 5. The number of hydrogen-bond acceptors (Lipinski definition) is 8. The summed E-state index contributed by atoms with van der Waals surface area (Å²) in [5.41, 5.74) is 1.52. The highest BCUT2D eigenvalue weighted by molar-refractivity contribution is 5.98. The molecule has 1 aromatic heterocycles. The molecule has 0 spiro atoms. The highest BCUT2D eigenvalue weighted by Gasteiger charge is 2.34. The van der Waals surface area contributed by atoms with E-state index in [1.54, 1.807) is 38.1 Å². The summed E-state index contributed by atoms with van der Waals surface area (Å²) in [6.45, 7) is 6.25. The van der Waals surface area contributed by atoms with Crippen molar-refractivity contribution in [3.8, 4) is 0 Å². The van der Waals surface area contributed by atoms with E-state index in [0.717, 1.165) is 12.0 Å². The zero-order valence-corrected chi connectivity index (χ0v) is 25.0. The van der Waals surface area contributed by atoms with Gasteiger partial charge in [0.25, 0.3) is 5.91 Å². The molecule has 13 heteroatoms. The summed E-state index contributed by atoms with van der Waals surface area (Å²) in [6.07, 6.45) is 2.83. The van der Waals surface area contributed by atoms with Crippen molar-refractivity contribution in [3.63, 3.8) is 0 Å². The van der Waals surface area contributed by atoms with E-state index < -0.39 is 60.3 Å². The number of aromatic nitrogens is 2. The number of rotatable bonds is 7. The lowest BCUT2D eigenvalue weighted by Crippen LogP contribution is -2.60. The third kappa shape index (κ3) is 9.30. The summed E-state index contributed by atoms with van der Waals surface area (Å²) >= 11 is 0. The van der Waals surface area contributed by atoms with E-state index in [9.17, 15) is 29.1 Å². The average molecular weight is 596 g/mol. The third-order valence-electron chi connectivity index (χ3n) is 7.06. The van der Waals surface area contributed by atoms with Crippen LogP contribution in [-0.4, -0.2) is 93.4 Å². The topological polar surface area (TPSA) is 183 Å². The standard InChI is InChI=1S/C30H41N7O6/c1-5-9-22-21(15-31-17-33-22)30(43)37-13-12-32-28(41)26(19(4)38)36-27(40)23(14-20-10-7-6-8-11-20)34-29(42)25(18(2)3)35-24(39)16-37/h6-8,10-11,15,17-19,23,25-26,38H,5,9,12-14,16H2,1-4H3,(H,32,41)(H,34,42)(H,35,39)(H,36,40)/t19-,23+,25-,26+/m1/s1. The van der Waals surface area contributed by atoms with Crippen LogP contribution in [0.25, 0.3) is 0 Å². The van der Waals surface area contributed by atoms with Crippen molar-refractivity contribution in [3.05, 3.63) is 59.7 Å². The van der Waals surface area contributed by atoms with Crippen molar-refractivity contribution in [2.45, 2.75) is 71.2 Å². The molecule has 0 aliphatic carbocycles. The van der Waals surface area contributed by atoms with E-state index in [4.69, 9.17) is 0 Å². The molecule has 13 nitrogen and oxygen atoms in total. The third-order valence-corrected chi connectivity index (χ3v) is 7.06. The Hall–Kier alpha value is -4.39. The molecule has 0 saturated carbocycles. The van der Waals surface area contributed by atoms with E-state index in [-0.39, 0.29) is 31.0 Å². The zero-order chi connectivity index (χ0) is 31.5. The molecule has 1 fully saturated rings. The minimum absolute atomic E-state index is 0.0753. The Kier molecular flexibility index (Phi) is 12.1. The molecule has 1 aliphatic heterocycles. The number of benzene rings is 1. The van der Waals surface area contributed by atoms with Gasteiger partial charge in [-0.25, -0.2) is 9.97 Å². The lowest BCUT2D eigenvalue weighted by atomic mass is 10.0. The van der Waals surface area contributed by atoms with Crippen LogP contribution in [0, 0.1) is 5.92 Å². The first-order valence-electron chi connectivity index (χ1n) is 14.5. The van der Waals surface area contributed by atoms with Crippen LogP contribution in [0.15, 0.2) is 42.9 Å². The molecular weight excluding hydrogens is 554 g/mol. The first-order valence-corrected chi connectivity index (χ1v) is 14.5. The number of amides is 5. The SMILES string of the molecule is CCCc1ncncc1C(=O)N1CCNC(=O)[C@H]([C@@H](C)O)NC(=O)[C@H](Cc2ccccc2)NC(=O)[C@@H](C(C)C)NC(=O)C1. The normalized spacial score (nSPS) is 21.5. The number of nitrogens with zero attached hydrogens (tertiary/aromatic N) is 3. The summed E-state index contributed by atoms with van der Waals surface area (Å²) in [5, 5.41) is 21.0. The van der Waals surface area contributed by atoms with Crippen molar-refractivity contribution in [1.82, 2.24) is 36.1 Å². The first kappa shape index (κ1) is 33.1. The molecule has 2 aromatic rings. The molecular formula is C30H41N7O6. The fourth-order valence-electron chi connectivity index (χ4n) is 4.72. The predicted octanol–water partition coefficient (Wildman–Crippen LogP) is -0.265. The molecule has 4 atom stereocenters. The molecule has 1 saturated heterocycles. The van der Waals surface area contributed by atoms with Crippen LogP contribution in [-0.2, 0) is 32.0 Å². The van der Waals surface area contributed by atoms with Gasteiger partial charge in [0, 0.05) is 25.7 Å². The molecule has 1 aromatic carbocycles. The van der Waals surface area contributed by atoms with Crippen molar-refractivity contribution < 1.29 is 29.1 Å². The van der Waals surface area contributed by atoms with Crippen molar-refractivity contribution >= 4 is 29.5 Å². The molecule has 1 aliphatic rings. The highest BCUT2D eigenvalue weighted by atomic mass is 16.3. The van der Waals surface area contributed by atoms with E-state index in [0.29, 0.717) is 12.1 Å². The number of aliphatic hydroxyl groups excluding tert-OH is 1.